The lowest BCUT2D eigenvalue weighted by Crippen LogP contribution is -2.33. The Morgan fingerprint density at radius 2 is 1.86 bits per heavy atom. The van der Waals surface area contributed by atoms with Gasteiger partial charge in [0.1, 0.15) is 5.82 Å². The Balaban J connectivity index is 1.53. The molecule has 1 aliphatic heterocycles. The van der Waals surface area contributed by atoms with Crippen LogP contribution in [0.1, 0.15) is 47.4 Å². The van der Waals surface area contributed by atoms with Crippen LogP contribution in [0.5, 0.6) is 0 Å². The molecule has 0 bridgehead atoms. The third-order valence-electron chi connectivity index (χ3n) is 5.55. The molecule has 4 rings (SSSR count). The smallest absolute Gasteiger partial charge is 0.123 e. The van der Waals surface area contributed by atoms with Gasteiger partial charge in [0.05, 0.1) is 18.3 Å². The first-order valence-corrected chi connectivity index (χ1v) is 10.6. The lowest BCUT2D eigenvalue weighted by molar-refractivity contribution is -0.110. The zero-order chi connectivity index (χ0) is 19.7. The molecular weight excluding hydrogens is 371 g/mol. The molecule has 2 aromatic carbocycles. The minimum Gasteiger partial charge on any atom is -0.390 e. The van der Waals surface area contributed by atoms with Crippen LogP contribution in [0.4, 0.5) is 4.39 Å². The predicted octanol–water partition coefficient (Wildman–Crippen LogP) is 6.05. The number of thiophene rings is 1. The van der Waals surface area contributed by atoms with Crippen LogP contribution in [0.15, 0.2) is 54.6 Å². The number of aliphatic hydroxyl groups excluding tert-OH is 1. The molecule has 1 N–H and O–H groups in total. The van der Waals surface area contributed by atoms with E-state index in [1.807, 2.05) is 19.1 Å². The van der Waals surface area contributed by atoms with E-state index in [9.17, 15) is 9.50 Å². The first-order valence-electron chi connectivity index (χ1n) is 9.77. The summed E-state index contributed by atoms with van der Waals surface area (Å²) in [6, 6.07) is 17.5. The van der Waals surface area contributed by atoms with E-state index in [4.69, 9.17) is 4.74 Å². The summed E-state index contributed by atoms with van der Waals surface area (Å²) in [5.74, 6) is -0.209. The number of aliphatic hydroxyl groups is 1. The van der Waals surface area contributed by atoms with Crippen LogP contribution in [0, 0.1) is 12.7 Å². The molecule has 1 fully saturated rings. The molecule has 0 saturated carbocycles. The minimum atomic E-state index is -0.364. The second-order valence-corrected chi connectivity index (χ2v) is 8.78. The normalized spacial score (nSPS) is 22.4. The topological polar surface area (TPSA) is 29.5 Å². The second kappa shape index (κ2) is 8.16. The first kappa shape index (κ1) is 19.3. The van der Waals surface area contributed by atoms with Gasteiger partial charge >= 0.3 is 0 Å². The number of hydrogen-bond donors (Lipinski definition) is 1. The van der Waals surface area contributed by atoms with Crippen molar-refractivity contribution in [3.05, 3.63) is 82.0 Å². The van der Waals surface area contributed by atoms with Gasteiger partial charge in [-0.3, -0.25) is 0 Å². The van der Waals surface area contributed by atoms with Gasteiger partial charge in [0.15, 0.2) is 0 Å². The summed E-state index contributed by atoms with van der Waals surface area (Å²) in [6.45, 7) is 4.08. The predicted molar refractivity (Wildman–Crippen MR) is 112 cm³/mol. The van der Waals surface area contributed by atoms with E-state index >= 15 is 0 Å². The van der Waals surface area contributed by atoms with Crippen molar-refractivity contribution < 1.29 is 14.2 Å². The van der Waals surface area contributed by atoms with Gasteiger partial charge in [-0.15, -0.1) is 11.3 Å². The average molecular weight is 397 g/mol. The number of ether oxygens (including phenoxy) is 1. The molecule has 28 heavy (non-hydrogen) atoms. The maximum absolute atomic E-state index is 13.2. The molecule has 3 unspecified atom stereocenters. The molecular formula is C24H25FO2S. The highest BCUT2D eigenvalue weighted by molar-refractivity contribution is 7.15. The van der Waals surface area contributed by atoms with Gasteiger partial charge in [-0.05, 0) is 73.2 Å². The molecule has 0 radical (unpaired) electrons. The van der Waals surface area contributed by atoms with Crippen molar-refractivity contribution in [3.63, 3.8) is 0 Å². The third kappa shape index (κ3) is 4.19. The highest BCUT2D eigenvalue weighted by Gasteiger charge is 2.27. The molecule has 0 spiro atoms. The zero-order valence-electron chi connectivity index (χ0n) is 16.2. The van der Waals surface area contributed by atoms with E-state index in [2.05, 4.69) is 37.3 Å². The molecule has 1 aliphatic rings. The van der Waals surface area contributed by atoms with E-state index in [0.29, 0.717) is 0 Å². The van der Waals surface area contributed by atoms with Gasteiger partial charge in [-0.1, -0.05) is 30.3 Å². The van der Waals surface area contributed by atoms with Crippen molar-refractivity contribution in [1.29, 1.82) is 0 Å². The number of hydrogen-bond acceptors (Lipinski definition) is 3. The molecule has 2 nitrogen and oxygen atoms in total. The van der Waals surface area contributed by atoms with Crippen molar-refractivity contribution in [1.82, 2.24) is 0 Å². The largest absolute Gasteiger partial charge is 0.390 e. The van der Waals surface area contributed by atoms with Gasteiger partial charge in [0.25, 0.3) is 0 Å². The van der Waals surface area contributed by atoms with Crippen molar-refractivity contribution in [2.24, 2.45) is 0 Å². The number of benzene rings is 2. The van der Waals surface area contributed by atoms with Crippen LogP contribution in [-0.2, 0) is 11.2 Å². The molecule has 3 aromatic rings. The van der Waals surface area contributed by atoms with Gasteiger partial charge in [0.2, 0.25) is 0 Å². The third-order valence-corrected chi connectivity index (χ3v) is 6.68. The summed E-state index contributed by atoms with van der Waals surface area (Å²) in [4.78, 5) is 2.44. The fraction of sp³-hybridized carbons (Fsp3) is 0.333. The Labute approximate surface area is 169 Å². The van der Waals surface area contributed by atoms with Gasteiger partial charge < -0.3 is 9.84 Å². The van der Waals surface area contributed by atoms with Gasteiger partial charge in [-0.25, -0.2) is 4.39 Å². The fourth-order valence-corrected chi connectivity index (χ4v) is 4.77. The summed E-state index contributed by atoms with van der Waals surface area (Å²) < 4.78 is 19.2. The van der Waals surface area contributed by atoms with Crippen LogP contribution in [0.3, 0.4) is 0 Å². The summed E-state index contributed by atoms with van der Waals surface area (Å²) in [7, 11) is 0. The van der Waals surface area contributed by atoms with E-state index in [0.717, 1.165) is 29.7 Å². The van der Waals surface area contributed by atoms with E-state index in [1.54, 1.807) is 11.3 Å². The maximum Gasteiger partial charge on any atom is 0.123 e. The van der Waals surface area contributed by atoms with Gasteiger partial charge in [-0.2, -0.15) is 0 Å². The summed E-state index contributed by atoms with van der Waals surface area (Å²) >= 11 is 1.75. The van der Waals surface area contributed by atoms with Crippen LogP contribution in [0.2, 0.25) is 0 Å². The van der Waals surface area contributed by atoms with Crippen molar-refractivity contribution in [3.8, 4) is 10.4 Å². The maximum atomic E-state index is 13.2. The molecule has 3 atom stereocenters. The Morgan fingerprint density at radius 1 is 1.07 bits per heavy atom. The lowest BCUT2D eigenvalue weighted by Gasteiger charge is -2.32. The molecule has 146 valence electrons. The number of rotatable bonds is 4. The molecule has 0 amide bonds. The highest BCUT2D eigenvalue weighted by Crippen LogP contribution is 2.34. The van der Waals surface area contributed by atoms with Crippen molar-refractivity contribution in [2.75, 3.05) is 0 Å². The molecule has 1 aromatic heterocycles. The van der Waals surface area contributed by atoms with Crippen LogP contribution >= 0.6 is 11.3 Å². The molecule has 2 heterocycles. The average Bonchev–Trinajstić information content (AvgIpc) is 3.15. The lowest BCUT2D eigenvalue weighted by atomic mass is 9.93. The number of halogens is 1. The van der Waals surface area contributed by atoms with Crippen molar-refractivity contribution >= 4 is 11.3 Å². The van der Waals surface area contributed by atoms with Crippen LogP contribution in [0.25, 0.3) is 10.4 Å². The first-order chi connectivity index (χ1) is 13.5. The van der Waals surface area contributed by atoms with E-state index < -0.39 is 0 Å². The monoisotopic (exact) mass is 396 g/mol. The van der Waals surface area contributed by atoms with Crippen molar-refractivity contribution in [2.45, 2.75) is 51.4 Å². The fourth-order valence-electron chi connectivity index (χ4n) is 3.73. The number of aryl methyl sites for hydroxylation is 1. The standard InChI is InChI=1S/C24H25FO2S/c1-15-3-4-18(23-11-10-22(26)16(2)27-23)13-19(15)14-21-9-12-24(28-21)17-5-7-20(25)8-6-17/h3-9,12-13,16,22-23,26H,10-11,14H2,1-2H3. The van der Waals surface area contributed by atoms with E-state index in [-0.39, 0.29) is 24.1 Å². The highest BCUT2D eigenvalue weighted by atomic mass is 32.1. The summed E-state index contributed by atoms with van der Waals surface area (Å²) in [5.41, 5.74) is 4.80. The van der Waals surface area contributed by atoms with Gasteiger partial charge in [0, 0.05) is 16.2 Å². The second-order valence-electron chi connectivity index (χ2n) is 7.61. The Morgan fingerprint density at radius 3 is 2.61 bits per heavy atom. The quantitative estimate of drug-likeness (QED) is 0.581. The molecule has 0 aliphatic carbocycles. The van der Waals surface area contributed by atoms with Crippen LogP contribution < -0.4 is 0 Å². The van der Waals surface area contributed by atoms with E-state index in [1.165, 1.54) is 33.7 Å². The van der Waals surface area contributed by atoms with Crippen LogP contribution in [-0.4, -0.2) is 17.3 Å². The Hall–Kier alpha value is -2.01. The molecule has 1 saturated heterocycles. The minimum absolute atomic E-state index is 0.0517. The Bertz CT molecular complexity index is 947. The molecule has 4 heteroatoms. The zero-order valence-corrected chi connectivity index (χ0v) is 17.0. The summed E-state index contributed by atoms with van der Waals surface area (Å²) in [6.07, 6.45) is 2.06. The Kier molecular flexibility index (Phi) is 5.63. The summed E-state index contributed by atoms with van der Waals surface area (Å²) in [5, 5.41) is 9.90. The SMILES string of the molecule is Cc1ccc(C2CCC(O)C(C)O2)cc1Cc1ccc(-c2ccc(F)cc2)s1.